The van der Waals surface area contributed by atoms with Crippen LogP contribution < -0.4 is 10.4 Å². The molecule has 0 atom stereocenters. The van der Waals surface area contributed by atoms with Crippen LogP contribution in [-0.4, -0.2) is 12.4 Å². The summed E-state index contributed by atoms with van der Waals surface area (Å²) in [5, 5.41) is 2.90. The number of Topliss-reactive ketones (excluding diaryl/α,β-unsaturated/α-hetero) is 1. The Morgan fingerprint density at radius 2 is 1.60 bits per heavy atom. The van der Waals surface area contributed by atoms with Crippen molar-refractivity contribution >= 4 is 27.5 Å². The predicted octanol–water partition coefficient (Wildman–Crippen LogP) is 4.21. The van der Waals surface area contributed by atoms with Crippen molar-refractivity contribution in [2.24, 2.45) is 0 Å². The molecule has 0 spiro atoms. The van der Waals surface area contributed by atoms with Gasteiger partial charge in [-0.3, -0.25) is 4.79 Å². The Morgan fingerprint density at radius 1 is 0.840 bits per heavy atom. The fourth-order valence-electron chi connectivity index (χ4n) is 2.73. The summed E-state index contributed by atoms with van der Waals surface area (Å²) in [6.07, 6.45) is 0. The van der Waals surface area contributed by atoms with Crippen LogP contribution in [0.4, 0.5) is 0 Å². The fourth-order valence-corrected chi connectivity index (χ4v) is 2.73. The van der Waals surface area contributed by atoms with Crippen molar-refractivity contribution in [3.63, 3.8) is 0 Å². The van der Waals surface area contributed by atoms with E-state index in [2.05, 4.69) is 0 Å². The van der Waals surface area contributed by atoms with Gasteiger partial charge >= 0.3 is 5.63 Å². The van der Waals surface area contributed by atoms with E-state index in [0.29, 0.717) is 16.9 Å². The van der Waals surface area contributed by atoms with Gasteiger partial charge in [-0.15, -0.1) is 0 Å². The molecule has 0 fully saturated rings. The first-order chi connectivity index (χ1) is 12.2. The average Bonchev–Trinajstić information content (AvgIpc) is 2.65. The molecular weight excluding hydrogens is 316 g/mol. The normalized spacial score (nSPS) is 10.9. The minimum atomic E-state index is -0.420. The molecule has 1 aromatic heterocycles. The highest BCUT2D eigenvalue weighted by molar-refractivity contribution is 6.00. The van der Waals surface area contributed by atoms with Crippen molar-refractivity contribution in [3.05, 3.63) is 88.8 Å². The maximum absolute atomic E-state index is 12.4. The summed E-state index contributed by atoms with van der Waals surface area (Å²) in [4.78, 5) is 23.7. The Balaban J connectivity index is 1.53. The highest BCUT2D eigenvalue weighted by Crippen LogP contribution is 2.20. The molecule has 122 valence electrons. The van der Waals surface area contributed by atoms with Crippen LogP contribution in [0.25, 0.3) is 21.7 Å². The van der Waals surface area contributed by atoms with E-state index < -0.39 is 5.63 Å². The second-order valence-corrected chi connectivity index (χ2v) is 5.73. The van der Waals surface area contributed by atoms with Gasteiger partial charge in [0.25, 0.3) is 0 Å². The monoisotopic (exact) mass is 330 g/mol. The number of carbonyl (C=O) groups excluding carboxylic acids is 1. The highest BCUT2D eigenvalue weighted by Gasteiger charge is 2.08. The number of hydrogen-bond donors (Lipinski definition) is 0. The third-order valence-electron chi connectivity index (χ3n) is 4.04. The Hall–Kier alpha value is -3.40. The van der Waals surface area contributed by atoms with Crippen molar-refractivity contribution in [1.82, 2.24) is 0 Å². The standard InChI is InChI=1S/C21H14O4/c22-19(17-6-5-14-3-1-2-4-16(14)11-17)13-24-18-9-7-15-8-10-21(23)25-20(15)12-18/h1-12H,13H2. The van der Waals surface area contributed by atoms with Crippen LogP contribution in [0.15, 0.2) is 82.0 Å². The number of ketones is 1. The maximum atomic E-state index is 12.4. The first-order valence-electron chi connectivity index (χ1n) is 7.88. The van der Waals surface area contributed by atoms with Crippen LogP contribution in [0.1, 0.15) is 10.4 Å². The minimum Gasteiger partial charge on any atom is -0.485 e. The van der Waals surface area contributed by atoms with E-state index in [4.69, 9.17) is 9.15 Å². The Kier molecular flexibility index (Phi) is 3.78. The lowest BCUT2D eigenvalue weighted by molar-refractivity contribution is 0.0921. The van der Waals surface area contributed by atoms with Crippen molar-refractivity contribution in [3.8, 4) is 5.75 Å². The van der Waals surface area contributed by atoms with Crippen molar-refractivity contribution in [1.29, 1.82) is 0 Å². The van der Waals surface area contributed by atoms with Crippen molar-refractivity contribution in [2.75, 3.05) is 6.61 Å². The van der Waals surface area contributed by atoms with Crippen LogP contribution in [-0.2, 0) is 0 Å². The number of benzene rings is 3. The first kappa shape index (κ1) is 15.1. The van der Waals surface area contributed by atoms with Crippen LogP contribution >= 0.6 is 0 Å². The lowest BCUT2D eigenvalue weighted by Crippen LogP contribution is -2.11. The van der Waals surface area contributed by atoms with Gasteiger partial charge in [0.2, 0.25) is 0 Å². The summed E-state index contributed by atoms with van der Waals surface area (Å²) < 4.78 is 10.7. The molecule has 25 heavy (non-hydrogen) atoms. The first-order valence-corrected chi connectivity index (χ1v) is 7.88. The largest absolute Gasteiger partial charge is 0.485 e. The van der Waals surface area contributed by atoms with Gasteiger partial charge in [-0.1, -0.05) is 36.4 Å². The molecule has 0 N–H and O–H groups in total. The molecule has 0 radical (unpaired) electrons. The zero-order valence-corrected chi connectivity index (χ0v) is 13.3. The van der Waals surface area contributed by atoms with Crippen molar-refractivity contribution < 1.29 is 13.9 Å². The molecule has 4 heteroatoms. The van der Waals surface area contributed by atoms with Gasteiger partial charge in [-0.05, 0) is 35.0 Å². The molecule has 4 rings (SSSR count). The fraction of sp³-hybridized carbons (Fsp3) is 0.0476. The van der Waals surface area contributed by atoms with E-state index >= 15 is 0 Å². The number of fused-ring (bicyclic) bond motifs is 2. The van der Waals surface area contributed by atoms with Gasteiger partial charge in [0.1, 0.15) is 11.3 Å². The predicted molar refractivity (Wildman–Crippen MR) is 96.3 cm³/mol. The number of ether oxygens (including phenoxy) is 1. The third-order valence-corrected chi connectivity index (χ3v) is 4.04. The molecule has 3 aromatic carbocycles. The zero-order chi connectivity index (χ0) is 17.2. The SMILES string of the molecule is O=C(COc1ccc2ccc(=O)oc2c1)c1ccc2ccccc2c1. The Bertz CT molecular complexity index is 1140. The highest BCUT2D eigenvalue weighted by atomic mass is 16.5. The Labute approximate surface area is 143 Å². The van der Waals surface area contributed by atoms with Crippen LogP contribution in [0.5, 0.6) is 5.75 Å². The summed E-state index contributed by atoms with van der Waals surface area (Å²) in [6.45, 7) is -0.0824. The van der Waals surface area contributed by atoms with Gasteiger partial charge in [-0.2, -0.15) is 0 Å². The molecular formula is C21H14O4. The number of carbonyl (C=O) groups is 1. The smallest absolute Gasteiger partial charge is 0.336 e. The minimum absolute atomic E-state index is 0.0824. The Morgan fingerprint density at radius 3 is 2.48 bits per heavy atom. The number of rotatable bonds is 4. The summed E-state index contributed by atoms with van der Waals surface area (Å²) in [6, 6.07) is 21.7. The molecule has 0 aliphatic heterocycles. The molecule has 4 aromatic rings. The quantitative estimate of drug-likeness (QED) is 0.415. The molecule has 0 unspecified atom stereocenters. The van der Waals surface area contributed by atoms with Gasteiger partial charge in [0, 0.05) is 23.1 Å². The summed E-state index contributed by atoms with van der Waals surface area (Å²) in [5.74, 6) is 0.372. The van der Waals surface area contributed by atoms with E-state index in [0.717, 1.165) is 16.2 Å². The molecule has 0 saturated carbocycles. The van der Waals surface area contributed by atoms with Gasteiger partial charge in [0.05, 0.1) is 0 Å². The molecule has 0 saturated heterocycles. The zero-order valence-electron chi connectivity index (χ0n) is 13.3. The molecule has 1 heterocycles. The van der Waals surface area contributed by atoms with E-state index in [1.54, 1.807) is 30.3 Å². The molecule has 4 nitrogen and oxygen atoms in total. The van der Waals surface area contributed by atoms with Crippen LogP contribution in [0.2, 0.25) is 0 Å². The van der Waals surface area contributed by atoms with Crippen LogP contribution in [0, 0.1) is 0 Å². The maximum Gasteiger partial charge on any atom is 0.336 e. The van der Waals surface area contributed by atoms with E-state index in [9.17, 15) is 9.59 Å². The van der Waals surface area contributed by atoms with E-state index in [1.165, 1.54) is 6.07 Å². The van der Waals surface area contributed by atoms with Gasteiger partial charge in [-0.25, -0.2) is 4.79 Å². The van der Waals surface area contributed by atoms with Crippen LogP contribution in [0.3, 0.4) is 0 Å². The molecule has 0 bridgehead atoms. The second kappa shape index (κ2) is 6.24. The summed E-state index contributed by atoms with van der Waals surface area (Å²) in [7, 11) is 0. The second-order valence-electron chi connectivity index (χ2n) is 5.73. The lowest BCUT2D eigenvalue weighted by atomic mass is 10.0. The van der Waals surface area contributed by atoms with Gasteiger partial charge < -0.3 is 9.15 Å². The molecule has 0 aliphatic carbocycles. The summed E-state index contributed by atoms with van der Waals surface area (Å²) in [5.41, 5.74) is 0.617. The van der Waals surface area contributed by atoms with E-state index in [1.807, 2.05) is 36.4 Å². The molecule has 0 amide bonds. The van der Waals surface area contributed by atoms with E-state index in [-0.39, 0.29) is 12.4 Å². The average molecular weight is 330 g/mol. The summed E-state index contributed by atoms with van der Waals surface area (Å²) >= 11 is 0. The van der Waals surface area contributed by atoms with Gasteiger partial charge in [0.15, 0.2) is 12.4 Å². The lowest BCUT2D eigenvalue weighted by Gasteiger charge is -2.07. The molecule has 0 aliphatic rings. The number of hydrogen-bond acceptors (Lipinski definition) is 4. The van der Waals surface area contributed by atoms with Crippen molar-refractivity contribution in [2.45, 2.75) is 0 Å². The topological polar surface area (TPSA) is 56.5 Å². The third kappa shape index (κ3) is 3.15.